The van der Waals surface area contributed by atoms with Gasteiger partial charge in [-0.05, 0) is 17.7 Å². The first-order valence-electron chi connectivity index (χ1n) is 8.26. The normalized spacial score (nSPS) is 17.8. The third kappa shape index (κ3) is 1.68. The zero-order chi connectivity index (χ0) is 17.4. The molecule has 6 rings (SSSR count). The minimum atomic E-state index is -0.455. The van der Waals surface area contributed by atoms with Gasteiger partial charge < -0.3 is 23.0 Å². The van der Waals surface area contributed by atoms with E-state index >= 15 is 0 Å². The van der Waals surface area contributed by atoms with Crippen molar-refractivity contribution in [1.82, 2.24) is 0 Å². The van der Waals surface area contributed by atoms with Gasteiger partial charge in [-0.1, -0.05) is 12.7 Å². The van der Waals surface area contributed by atoms with Gasteiger partial charge in [0.05, 0.1) is 5.39 Å². The van der Waals surface area contributed by atoms with Crippen LogP contribution in [0.5, 0.6) is 17.2 Å². The summed E-state index contributed by atoms with van der Waals surface area (Å²) in [6, 6.07) is 7.21. The topological polar surface area (TPSA) is 71.0 Å². The Bertz CT molecular complexity index is 1310. The van der Waals surface area contributed by atoms with Gasteiger partial charge >= 0.3 is 5.63 Å². The monoisotopic (exact) mass is 348 g/mol. The Balaban J connectivity index is 1.72. The third-order valence-corrected chi connectivity index (χ3v) is 4.96. The minimum Gasteiger partial charge on any atom is -0.486 e. The van der Waals surface area contributed by atoms with E-state index in [1.54, 1.807) is 24.3 Å². The molecular formula is C20H12O6. The van der Waals surface area contributed by atoms with Gasteiger partial charge in [-0.25, -0.2) is 4.79 Å². The van der Waals surface area contributed by atoms with Crippen LogP contribution in [-0.4, -0.2) is 12.9 Å². The van der Waals surface area contributed by atoms with Crippen molar-refractivity contribution in [2.45, 2.75) is 12.5 Å². The largest absolute Gasteiger partial charge is 0.486 e. The lowest BCUT2D eigenvalue weighted by atomic mass is 10.1. The first-order valence-corrected chi connectivity index (χ1v) is 8.26. The maximum absolute atomic E-state index is 12.6. The maximum atomic E-state index is 12.6. The summed E-state index contributed by atoms with van der Waals surface area (Å²) in [5.74, 6) is 1.91. The van der Waals surface area contributed by atoms with Gasteiger partial charge in [0.25, 0.3) is 0 Å². The second-order valence-corrected chi connectivity index (χ2v) is 6.45. The molecule has 2 aliphatic rings. The van der Waals surface area contributed by atoms with E-state index in [2.05, 4.69) is 6.58 Å². The van der Waals surface area contributed by atoms with Crippen molar-refractivity contribution in [3.63, 3.8) is 0 Å². The molecule has 0 radical (unpaired) electrons. The molecule has 0 saturated carbocycles. The smallest absolute Gasteiger partial charge is 0.348 e. The van der Waals surface area contributed by atoms with Crippen LogP contribution in [0, 0.1) is 0 Å². The van der Waals surface area contributed by atoms with Gasteiger partial charge in [0.2, 0.25) is 6.79 Å². The molecule has 6 heteroatoms. The minimum absolute atomic E-state index is 0.0722. The molecule has 2 aromatic carbocycles. The Hall–Kier alpha value is -3.41. The Kier molecular flexibility index (Phi) is 2.45. The predicted molar refractivity (Wildman–Crippen MR) is 94.2 cm³/mol. The summed E-state index contributed by atoms with van der Waals surface area (Å²) in [4.78, 5) is 12.6. The van der Waals surface area contributed by atoms with Gasteiger partial charge in [-0.2, -0.15) is 0 Å². The first kappa shape index (κ1) is 13.8. The molecule has 128 valence electrons. The lowest BCUT2D eigenvalue weighted by molar-refractivity contribution is 0.174. The predicted octanol–water partition coefficient (Wildman–Crippen LogP) is 3.91. The van der Waals surface area contributed by atoms with Crippen LogP contribution in [0.1, 0.15) is 5.56 Å². The molecule has 6 nitrogen and oxygen atoms in total. The van der Waals surface area contributed by atoms with Crippen LogP contribution >= 0.6 is 0 Å². The molecule has 4 heterocycles. The average Bonchev–Trinajstić information content (AvgIpc) is 3.33. The molecule has 4 aromatic rings. The Morgan fingerprint density at radius 2 is 1.73 bits per heavy atom. The Morgan fingerprint density at radius 3 is 2.58 bits per heavy atom. The maximum Gasteiger partial charge on any atom is 0.348 e. The van der Waals surface area contributed by atoms with Crippen molar-refractivity contribution in [2.75, 3.05) is 6.79 Å². The summed E-state index contributed by atoms with van der Waals surface area (Å²) in [7, 11) is 0. The van der Waals surface area contributed by atoms with Gasteiger partial charge in [-0.3, -0.25) is 0 Å². The highest BCUT2D eigenvalue weighted by molar-refractivity contribution is 6.13. The summed E-state index contributed by atoms with van der Waals surface area (Å²) < 4.78 is 28.2. The molecular weight excluding hydrogens is 336 g/mol. The molecule has 2 aromatic heterocycles. The summed E-state index contributed by atoms with van der Waals surface area (Å²) >= 11 is 0. The fourth-order valence-electron chi connectivity index (χ4n) is 3.72. The van der Waals surface area contributed by atoms with Crippen LogP contribution in [0.2, 0.25) is 0 Å². The van der Waals surface area contributed by atoms with Crippen molar-refractivity contribution in [1.29, 1.82) is 0 Å². The number of benzene rings is 2. The highest BCUT2D eigenvalue weighted by atomic mass is 16.7. The highest BCUT2D eigenvalue weighted by Gasteiger charge is 2.25. The molecule has 0 amide bonds. The second kappa shape index (κ2) is 4.60. The number of furan rings is 1. The van der Waals surface area contributed by atoms with Gasteiger partial charge in [0.1, 0.15) is 28.4 Å². The SMILES string of the molecule is C=CC1Cc2cc3c(cc2O1)oc(=O)c1c2cc4c(cc2oc31)OCO4. The number of rotatable bonds is 1. The van der Waals surface area contributed by atoms with E-state index in [0.717, 1.165) is 17.4 Å². The lowest BCUT2D eigenvalue weighted by Crippen LogP contribution is -2.07. The van der Waals surface area contributed by atoms with E-state index in [0.29, 0.717) is 44.8 Å². The van der Waals surface area contributed by atoms with Crippen LogP contribution < -0.4 is 19.8 Å². The van der Waals surface area contributed by atoms with Crippen molar-refractivity contribution in [3.05, 3.63) is 52.9 Å². The molecule has 0 N–H and O–H groups in total. The van der Waals surface area contributed by atoms with Crippen LogP contribution in [0.3, 0.4) is 0 Å². The van der Waals surface area contributed by atoms with Crippen molar-refractivity contribution >= 4 is 32.9 Å². The zero-order valence-electron chi connectivity index (χ0n) is 13.5. The van der Waals surface area contributed by atoms with Crippen LogP contribution in [0.25, 0.3) is 32.9 Å². The van der Waals surface area contributed by atoms with Gasteiger partial charge in [0, 0.05) is 23.9 Å². The van der Waals surface area contributed by atoms with E-state index < -0.39 is 5.63 Å². The van der Waals surface area contributed by atoms with E-state index in [4.69, 9.17) is 23.0 Å². The van der Waals surface area contributed by atoms with E-state index in [9.17, 15) is 4.79 Å². The van der Waals surface area contributed by atoms with Crippen LogP contribution in [0.15, 0.2) is 50.5 Å². The molecule has 0 aliphatic carbocycles. The summed E-state index contributed by atoms with van der Waals surface area (Å²) in [6.45, 7) is 3.94. The summed E-state index contributed by atoms with van der Waals surface area (Å²) in [6.07, 6.45) is 2.42. The molecule has 1 atom stereocenters. The van der Waals surface area contributed by atoms with Gasteiger partial charge in [-0.15, -0.1) is 0 Å². The second-order valence-electron chi connectivity index (χ2n) is 6.45. The van der Waals surface area contributed by atoms with E-state index in [1.165, 1.54) is 0 Å². The number of fused-ring (bicyclic) bond motifs is 7. The Morgan fingerprint density at radius 1 is 0.962 bits per heavy atom. The summed E-state index contributed by atoms with van der Waals surface area (Å²) in [5.41, 5.74) is 2.07. The van der Waals surface area contributed by atoms with Crippen LogP contribution in [0.4, 0.5) is 0 Å². The molecule has 0 fully saturated rings. The zero-order valence-corrected chi connectivity index (χ0v) is 13.5. The van der Waals surface area contributed by atoms with Gasteiger partial charge in [0.15, 0.2) is 17.1 Å². The van der Waals surface area contributed by atoms with Crippen molar-refractivity contribution < 1.29 is 23.0 Å². The Labute approximate surface area is 146 Å². The van der Waals surface area contributed by atoms with Crippen molar-refractivity contribution in [3.8, 4) is 17.2 Å². The fraction of sp³-hybridized carbons (Fsp3) is 0.150. The summed E-state index contributed by atoms with van der Waals surface area (Å²) in [5, 5.41) is 1.80. The van der Waals surface area contributed by atoms with Crippen molar-refractivity contribution in [2.24, 2.45) is 0 Å². The third-order valence-electron chi connectivity index (χ3n) is 4.96. The quantitative estimate of drug-likeness (QED) is 0.384. The molecule has 0 saturated heterocycles. The molecule has 26 heavy (non-hydrogen) atoms. The van der Waals surface area contributed by atoms with E-state index in [-0.39, 0.29) is 12.9 Å². The molecule has 2 aliphatic heterocycles. The number of hydrogen-bond donors (Lipinski definition) is 0. The average molecular weight is 348 g/mol. The first-order chi connectivity index (χ1) is 12.7. The fourth-order valence-corrected chi connectivity index (χ4v) is 3.72. The van der Waals surface area contributed by atoms with E-state index in [1.807, 2.05) is 6.07 Å². The molecule has 0 spiro atoms. The lowest BCUT2D eigenvalue weighted by Gasteiger charge is -2.04. The number of hydrogen-bond acceptors (Lipinski definition) is 6. The molecule has 1 unspecified atom stereocenters. The van der Waals surface area contributed by atoms with Crippen LogP contribution in [-0.2, 0) is 6.42 Å². The molecule has 0 bridgehead atoms. The highest BCUT2D eigenvalue weighted by Crippen LogP contribution is 2.42. The number of ether oxygens (including phenoxy) is 3. The standard InChI is InChI=1S/C20H12O6/c1-2-10-3-9-4-12-15(6-13(9)24-10)26-20(21)18-11-5-16-17(23-8-22-16)7-14(11)25-19(12)18/h2,4-7,10H,1,3,8H2.